The normalized spacial score (nSPS) is 12.0. The first-order chi connectivity index (χ1) is 14.2. The third kappa shape index (κ3) is 2.39. The zero-order valence-corrected chi connectivity index (χ0v) is 15.4. The van der Waals surface area contributed by atoms with E-state index in [9.17, 15) is 10.1 Å². The van der Waals surface area contributed by atoms with Crippen molar-refractivity contribution in [3.8, 4) is 0 Å². The van der Waals surface area contributed by atoms with E-state index in [4.69, 9.17) is 0 Å². The number of nitrogens with zero attached hydrogens (tertiary/aromatic N) is 7. The molecule has 0 bridgehead atoms. The van der Waals surface area contributed by atoms with Crippen LogP contribution in [0.4, 0.5) is 5.69 Å². The summed E-state index contributed by atoms with van der Waals surface area (Å²) in [5, 5.41) is 23.4. The highest BCUT2D eigenvalue weighted by molar-refractivity contribution is 7.98. The van der Waals surface area contributed by atoms with E-state index in [0.717, 1.165) is 11.0 Å². The van der Waals surface area contributed by atoms with Crippen LogP contribution in [0.2, 0.25) is 0 Å². The highest BCUT2D eigenvalue weighted by Gasteiger charge is 2.17. The first kappa shape index (κ1) is 16.1. The number of rotatable bonds is 4. The number of hydrogen-bond acceptors (Lipinski definition) is 7. The number of fused-ring (bicyclic) bond motifs is 6. The smallest absolute Gasteiger partial charge is 0.271 e. The molecule has 4 aromatic heterocycles. The fourth-order valence-electron chi connectivity index (χ4n) is 3.37. The topological polar surface area (TPSA) is 135 Å². The molecule has 142 valence electrons. The number of nitro benzene ring substituents is 1. The highest BCUT2D eigenvalue weighted by Crippen LogP contribution is 2.25. The standard InChI is InChI=1S/C17H11N9O2S/c27-26(28)9-5-6-10-12(7-9)19-14(18-10)8-29-17-22-21-16-24-13-4-2-1-3-11(13)20-15(24)23-25(16)17/h1-7H,8H2,(H,18,19)(H,20,23). The molecular weight excluding hydrogens is 394 g/mol. The van der Waals surface area contributed by atoms with Crippen LogP contribution in [0.1, 0.15) is 5.82 Å². The summed E-state index contributed by atoms with van der Waals surface area (Å²) < 4.78 is 3.71. The van der Waals surface area contributed by atoms with Gasteiger partial charge in [-0.25, -0.2) is 14.4 Å². The molecule has 2 N–H and O–H groups in total. The fourth-order valence-corrected chi connectivity index (χ4v) is 4.12. The molecule has 12 heteroatoms. The highest BCUT2D eigenvalue weighted by atomic mass is 32.2. The average Bonchev–Trinajstić information content (AvgIpc) is 3.45. The largest absolute Gasteiger partial charge is 0.341 e. The summed E-state index contributed by atoms with van der Waals surface area (Å²) in [6.45, 7) is 0. The van der Waals surface area contributed by atoms with Gasteiger partial charge in [-0.05, 0) is 18.2 Å². The number of thioether (sulfide) groups is 1. The van der Waals surface area contributed by atoms with Crippen molar-refractivity contribution in [3.05, 3.63) is 58.4 Å². The second-order valence-corrected chi connectivity index (χ2v) is 7.36. The van der Waals surface area contributed by atoms with Crippen molar-refractivity contribution in [1.29, 1.82) is 0 Å². The summed E-state index contributed by atoms with van der Waals surface area (Å²) in [5.41, 5.74) is 3.18. The van der Waals surface area contributed by atoms with E-state index in [1.807, 2.05) is 28.7 Å². The van der Waals surface area contributed by atoms with Crippen LogP contribution >= 0.6 is 11.8 Å². The Hall–Kier alpha value is -3.93. The molecule has 0 unspecified atom stereocenters. The maximum atomic E-state index is 10.9. The van der Waals surface area contributed by atoms with Gasteiger partial charge in [-0.2, -0.15) is 4.52 Å². The minimum absolute atomic E-state index is 0.0291. The minimum Gasteiger partial charge on any atom is -0.341 e. The van der Waals surface area contributed by atoms with Gasteiger partial charge in [-0.3, -0.25) is 15.2 Å². The number of nitrogens with one attached hydrogen (secondary N) is 2. The average molecular weight is 405 g/mol. The summed E-state index contributed by atoms with van der Waals surface area (Å²) in [5.74, 6) is 2.54. The first-order valence-corrected chi connectivity index (χ1v) is 9.62. The van der Waals surface area contributed by atoms with E-state index in [1.165, 1.54) is 23.9 Å². The molecule has 6 rings (SSSR count). The molecule has 0 atom stereocenters. The molecule has 0 aliphatic rings. The SMILES string of the molecule is O=[N+]([O-])c1ccc2nc(CSc3nnc4n3[nH]c3nc5ccccc5n34)[nH]c2c1. The van der Waals surface area contributed by atoms with Crippen molar-refractivity contribution >= 4 is 51.1 Å². The van der Waals surface area contributed by atoms with Crippen LogP contribution in [0.3, 0.4) is 0 Å². The lowest BCUT2D eigenvalue weighted by atomic mass is 10.3. The lowest BCUT2D eigenvalue weighted by Gasteiger charge is -1.95. The van der Waals surface area contributed by atoms with Gasteiger partial charge in [-0.15, -0.1) is 10.2 Å². The maximum Gasteiger partial charge on any atom is 0.271 e. The number of aromatic nitrogens is 8. The number of non-ortho nitro benzene ring substituents is 1. The van der Waals surface area contributed by atoms with Crippen LogP contribution in [-0.4, -0.2) is 44.1 Å². The van der Waals surface area contributed by atoms with Gasteiger partial charge in [0.2, 0.25) is 10.9 Å². The second-order valence-electron chi connectivity index (χ2n) is 6.42. The molecule has 2 aromatic carbocycles. The molecule has 6 aromatic rings. The fraction of sp³-hybridized carbons (Fsp3) is 0.0588. The Bertz CT molecular complexity index is 1560. The minimum atomic E-state index is -0.424. The zero-order valence-electron chi connectivity index (χ0n) is 14.6. The van der Waals surface area contributed by atoms with Gasteiger partial charge in [0.1, 0.15) is 5.82 Å². The zero-order chi connectivity index (χ0) is 19.5. The van der Waals surface area contributed by atoms with Crippen LogP contribution in [0.15, 0.2) is 47.6 Å². The number of nitro groups is 1. The van der Waals surface area contributed by atoms with Crippen molar-refractivity contribution in [1.82, 2.24) is 39.2 Å². The third-order valence-electron chi connectivity index (χ3n) is 4.65. The van der Waals surface area contributed by atoms with Gasteiger partial charge in [0.25, 0.3) is 11.5 Å². The van der Waals surface area contributed by atoms with Crippen LogP contribution < -0.4 is 0 Å². The van der Waals surface area contributed by atoms with Crippen LogP contribution in [-0.2, 0) is 5.75 Å². The number of aromatic amines is 2. The molecule has 0 radical (unpaired) electrons. The lowest BCUT2D eigenvalue weighted by molar-refractivity contribution is -0.384. The van der Waals surface area contributed by atoms with Crippen molar-refractivity contribution in [3.63, 3.8) is 0 Å². The number of hydrogen-bond donors (Lipinski definition) is 2. The van der Waals surface area contributed by atoms with Gasteiger partial charge in [0.05, 0.1) is 32.7 Å². The number of para-hydroxylation sites is 2. The Labute approximate surface area is 164 Å². The Morgan fingerprint density at radius 1 is 1.10 bits per heavy atom. The molecule has 4 heterocycles. The maximum absolute atomic E-state index is 10.9. The van der Waals surface area contributed by atoms with Gasteiger partial charge in [0, 0.05) is 12.1 Å². The molecule has 0 aliphatic heterocycles. The summed E-state index contributed by atoms with van der Waals surface area (Å²) in [7, 11) is 0. The van der Waals surface area contributed by atoms with Gasteiger partial charge in [-0.1, -0.05) is 23.9 Å². The summed E-state index contributed by atoms with van der Waals surface area (Å²) in [4.78, 5) is 22.7. The monoisotopic (exact) mass is 405 g/mol. The van der Waals surface area contributed by atoms with E-state index < -0.39 is 4.92 Å². The molecule has 29 heavy (non-hydrogen) atoms. The lowest BCUT2D eigenvalue weighted by Crippen LogP contribution is -1.90. The molecule has 0 spiro atoms. The summed E-state index contributed by atoms with van der Waals surface area (Å²) >= 11 is 1.45. The van der Waals surface area contributed by atoms with Crippen molar-refractivity contribution in [2.75, 3.05) is 0 Å². The predicted octanol–water partition coefficient (Wildman–Crippen LogP) is 2.94. The molecule has 0 amide bonds. The van der Waals surface area contributed by atoms with Gasteiger partial charge in [0.15, 0.2) is 0 Å². The Morgan fingerprint density at radius 2 is 2.00 bits per heavy atom. The summed E-state index contributed by atoms with van der Waals surface area (Å²) in [6, 6.07) is 12.4. The Kier molecular flexibility index (Phi) is 3.20. The third-order valence-corrected chi connectivity index (χ3v) is 5.59. The van der Waals surface area contributed by atoms with E-state index in [2.05, 4.69) is 30.2 Å². The summed E-state index contributed by atoms with van der Waals surface area (Å²) in [6.07, 6.45) is 0. The Morgan fingerprint density at radius 3 is 2.90 bits per heavy atom. The molecule has 0 fully saturated rings. The van der Waals surface area contributed by atoms with E-state index in [0.29, 0.717) is 39.3 Å². The molecule has 0 saturated heterocycles. The number of H-pyrrole nitrogens is 2. The van der Waals surface area contributed by atoms with Crippen molar-refractivity contribution in [2.45, 2.75) is 10.9 Å². The van der Waals surface area contributed by atoms with Gasteiger partial charge >= 0.3 is 0 Å². The number of imidazole rings is 2. The van der Waals surface area contributed by atoms with Crippen molar-refractivity contribution < 1.29 is 4.92 Å². The molecule has 11 nitrogen and oxygen atoms in total. The van der Waals surface area contributed by atoms with Crippen LogP contribution in [0.5, 0.6) is 0 Å². The molecular formula is C17H11N9O2S. The van der Waals surface area contributed by atoms with E-state index in [1.54, 1.807) is 10.6 Å². The molecule has 0 aliphatic carbocycles. The van der Waals surface area contributed by atoms with E-state index in [-0.39, 0.29) is 5.69 Å². The van der Waals surface area contributed by atoms with Crippen LogP contribution in [0, 0.1) is 10.1 Å². The molecule has 0 saturated carbocycles. The quantitative estimate of drug-likeness (QED) is 0.261. The first-order valence-electron chi connectivity index (χ1n) is 8.63. The van der Waals surface area contributed by atoms with E-state index >= 15 is 0 Å². The predicted molar refractivity (Wildman–Crippen MR) is 106 cm³/mol. The van der Waals surface area contributed by atoms with Crippen molar-refractivity contribution in [2.24, 2.45) is 0 Å². The Balaban J connectivity index is 1.34. The van der Waals surface area contributed by atoms with Gasteiger partial charge < -0.3 is 4.98 Å². The van der Waals surface area contributed by atoms with Crippen LogP contribution in [0.25, 0.3) is 33.6 Å². The number of benzene rings is 2. The second kappa shape index (κ2) is 5.78.